The molecule has 0 bridgehead atoms. The van der Waals surface area contributed by atoms with Crippen LogP contribution >= 0.6 is 11.3 Å². The Bertz CT molecular complexity index is 926. The number of anilines is 1. The second kappa shape index (κ2) is 13.0. The van der Waals surface area contributed by atoms with E-state index in [0.717, 1.165) is 0 Å². The average Bonchev–Trinajstić information content (AvgIpc) is 3.27. The van der Waals surface area contributed by atoms with E-state index in [2.05, 4.69) is 15.6 Å². The molecule has 3 amide bonds. The Labute approximate surface area is 204 Å². The standard InChI is InChI=1S/C24H34N4O5S/c1-6-33-18-9-7-17(8-10-18)21(22(31)27-24(2,3)4)28(14-15-32-5)20(30)12-11-19(29)26-23-25-13-16-34-23/h7-10,13,16,21H,6,11-12,14-15H2,1-5H3,(H,27,31)(H,25,26,29)/t21-/m0/s1. The zero-order chi connectivity index (χ0) is 25.1. The Morgan fingerprint density at radius 3 is 2.41 bits per heavy atom. The first-order chi connectivity index (χ1) is 16.1. The highest BCUT2D eigenvalue weighted by Gasteiger charge is 2.33. The lowest BCUT2D eigenvalue weighted by atomic mass is 10.0. The fraction of sp³-hybridized carbons (Fsp3) is 0.500. The van der Waals surface area contributed by atoms with Crippen molar-refractivity contribution in [3.8, 4) is 5.75 Å². The maximum atomic E-state index is 13.4. The maximum absolute atomic E-state index is 13.4. The van der Waals surface area contributed by atoms with Crippen LogP contribution in [0.15, 0.2) is 35.8 Å². The Balaban J connectivity index is 2.26. The Morgan fingerprint density at radius 2 is 1.85 bits per heavy atom. The van der Waals surface area contributed by atoms with Gasteiger partial charge in [-0.1, -0.05) is 12.1 Å². The summed E-state index contributed by atoms with van der Waals surface area (Å²) in [7, 11) is 1.53. The number of hydrogen-bond donors (Lipinski definition) is 2. The van der Waals surface area contributed by atoms with Crippen LogP contribution in [0.2, 0.25) is 0 Å². The molecular formula is C24H34N4O5S. The van der Waals surface area contributed by atoms with Crippen LogP contribution in [-0.4, -0.2) is 60.0 Å². The Morgan fingerprint density at radius 1 is 1.15 bits per heavy atom. The number of nitrogens with zero attached hydrogens (tertiary/aromatic N) is 2. The van der Waals surface area contributed by atoms with Gasteiger partial charge in [0.2, 0.25) is 17.7 Å². The molecule has 2 aromatic rings. The fourth-order valence-corrected chi connectivity index (χ4v) is 3.79. The van der Waals surface area contributed by atoms with Crippen LogP contribution in [0.25, 0.3) is 0 Å². The number of hydrogen-bond acceptors (Lipinski definition) is 7. The minimum atomic E-state index is -0.889. The molecule has 0 saturated carbocycles. The van der Waals surface area contributed by atoms with Crippen molar-refractivity contribution in [3.05, 3.63) is 41.4 Å². The van der Waals surface area contributed by atoms with E-state index in [0.29, 0.717) is 23.1 Å². The monoisotopic (exact) mass is 490 g/mol. The summed E-state index contributed by atoms with van der Waals surface area (Å²) in [6.07, 6.45) is 1.50. The molecule has 0 aliphatic rings. The highest BCUT2D eigenvalue weighted by Crippen LogP contribution is 2.26. The van der Waals surface area contributed by atoms with Gasteiger partial charge in [-0.25, -0.2) is 4.98 Å². The topological polar surface area (TPSA) is 110 Å². The quantitative estimate of drug-likeness (QED) is 0.472. The van der Waals surface area contributed by atoms with Crippen LogP contribution in [-0.2, 0) is 19.1 Å². The predicted molar refractivity (Wildman–Crippen MR) is 132 cm³/mol. The zero-order valence-corrected chi connectivity index (χ0v) is 21.2. The zero-order valence-electron chi connectivity index (χ0n) is 20.4. The summed E-state index contributed by atoms with van der Waals surface area (Å²) < 4.78 is 10.7. The minimum Gasteiger partial charge on any atom is -0.494 e. The lowest BCUT2D eigenvalue weighted by molar-refractivity contribution is -0.142. The number of aromatic nitrogens is 1. The number of carbonyl (C=O) groups is 3. The molecule has 1 aromatic heterocycles. The lowest BCUT2D eigenvalue weighted by Crippen LogP contribution is -2.50. The molecule has 0 aliphatic carbocycles. The van der Waals surface area contributed by atoms with Crippen LogP contribution in [0.1, 0.15) is 52.1 Å². The summed E-state index contributed by atoms with van der Waals surface area (Å²) in [4.78, 5) is 44.4. The molecule has 2 rings (SSSR count). The number of nitrogens with one attached hydrogen (secondary N) is 2. The van der Waals surface area contributed by atoms with E-state index in [1.165, 1.54) is 23.3 Å². The largest absolute Gasteiger partial charge is 0.494 e. The minimum absolute atomic E-state index is 0.0290. The summed E-state index contributed by atoms with van der Waals surface area (Å²) in [6.45, 7) is 8.49. The van der Waals surface area contributed by atoms with Gasteiger partial charge in [0, 0.05) is 43.6 Å². The number of ether oxygens (including phenoxy) is 2. The maximum Gasteiger partial charge on any atom is 0.247 e. The molecule has 1 aromatic carbocycles. The first-order valence-corrected chi connectivity index (χ1v) is 12.0. The molecule has 1 atom stereocenters. The third kappa shape index (κ3) is 8.75. The summed E-state index contributed by atoms with van der Waals surface area (Å²) >= 11 is 1.30. The van der Waals surface area contributed by atoms with Crippen molar-refractivity contribution in [2.45, 2.75) is 52.1 Å². The highest BCUT2D eigenvalue weighted by atomic mass is 32.1. The van der Waals surface area contributed by atoms with Crippen molar-refractivity contribution in [2.75, 3.05) is 32.2 Å². The van der Waals surface area contributed by atoms with Gasteiger partial charge >= 0.3 is 0 Å². The molecule has 186 valence electrons. The smallest absolute Gasteiger partial charge is 0.247 e. The van der Waals surface area contributed by atoms with Crippen molar-refractivity contribution in [1.29, 1.82) is 0 Å². The van der Waals surface area contributed by atoms with Gasteiger partial charge < -0.3 is 25.0 Å². The van der Waals surface area contributed by atoms with Crippen molar-refractivity contribution in [2.24, 2.45) is 0 Å². The van der Waals surface area contributed by atoms with Crippen LogP contribution in [0.4, 0.5) is 5.13 Å². The lowest BCUT2D eigenvalue weighted by Gasteiger charge is -2.33. The Hall–Kier alpha value is -2.98. The summed E-state index contributed by atoms with van der Waals surface area (Å²) in [6, 6.07) is 6.22. The molecule has 2 N–H and O–H groups in total. The van der Waals surface area contributed by atoms with Crippen molar-refractivity contribution in [3.63, 3.8) is 0 Å². The number of carbonyl (C=O) groups excluding carboxylic acids is 3. The van der Waals surface area contributed by atoms with E-state index < -0.39 is 11.6 Å². The second-order valence-electron chi connectivity index (χ2n) is 8.61. The SMILES string of the molecule is CCOc1ccc([C@@H](C(=O)NC(C)(C)C)N(CCOC)C(=O)CCC(=O)Nc2nccs2)cc1. The molecular weight excluding hydrogens is 456 g/mol. The predicted octanol–water partition coefficient (Wildman–Crippen LogP) is 3.39. The first kappa shape index (κ1) is 27.3. The summed E-state index contributed by atoms with van der Waals surface area (Å²) in [5.74, 6) is -0.274. The van der Waals surface area contributed by atoms with Crippen molar-refractivity contribution in [1.82, 2.24) is 15.2 Å². The second-order valence-corrected chi connectivity index (χ2v) is 9.50. The highest BCUT2D eigenvalue weighted by molar-refractivity contribution is 7.13. The van der Waals surface area contributed by atoms with Gasteiger partial charge in [-0.3, -0.25) is 14.4 Å². The molecule has 9 nitrogen and oxygen atoms in total. The fourth-order valence-electron chi connectivity index (χ4n) is 3.24. The number of amides is 3. The molecule has 0 fully saturated rings. The third-order valence-electron chi connectivity index (χ3n) is 4.67. The van der Waals surface area contributed by atoms with Gasteiger partial charge in [-0.05, 0) is 45.4 Å². The average molecular weight is 491 g/mol. The molecule has 0 spiro atoms. The normalized spacial score (nSPS) is 12.0. The first-order valence-electron chi connectivity index (χ1n) is 11.2. The molecule has 1 heterocycles. The van der Waals surface area contributed by atoms with E-state index in [1.54, 1.807) is 35.8 Å². The number of benzene rings is 1. The van der Waals surface area contributed by atoms with Gasteiger partial charge in [0.25, 0.3) is 0 Å². The summed E-state index contributed by atoms with van der Waals surface area (Å²) in [5, 5.41) is 7.87. The van der Waals surface area contributed by atoms with Gasteiger partial charge in [0.15, 0.2) is 5.13 Å². The van der Waals surface area contributed by atoms with Crippen LogP contribution in [0.3, 0.4) is 0 Å². The van der Waals surface area contributed by atoms with E-state index in [-0.39, 0.29) is 43.7 Å². The van der Waals surface area contributed by atoms with Gasteiger partial charge in [-0.2, -0.15) is 0 Å². The van der Waals surface area contributed by atoms with Crippen molar-refractivity contribution < 1.29 is 23.9 Å². The molecule has 34 heavy (non-hydrogen) atoms. The Kier molecular flexibility index (Phi) is 10.5. The van der Waals surface area contributed by atoms with Crippen molar-refractivity contribution >= 4 is 34.2 Å². The number of rotatable bonds is 12. The molecule has 0 aliphatic heterocycles. The van der Waals surface area contributed by atoms with Gasteiger partial charge in [0.1, 0.15) is 11.8 Å². The number of thiazole rings is 1. The van der Waals surface area contributed by atoms with E-state index in [4.69, 9.17) is 9.47 Å². The third-order valence-corrected chi connectivity index (χ3v) is 5.35. The number of methoxy groups -OCH3 is 1. The van der Waals surface area contributed by atoms with Gasteiger partial charge in [-0.15, -0.1) is 11.3 Å². The van der Waals surface area contributed by atoms with Crippen LogP contribution < -0.4 is 15.4 Å². The van der Waals surface area contributed by atoms with E-state index in [9.17, 15) is 14.4 Å². The summed E-state index contributed by atoms with van der Waals surface area (Å²) in [5.41, 5.74) is 0.145. The van der Waals surface area contributed by atoms with E-state index >= 15 is 0 Å². The molecule has 0 unspecified atom stereocenters. The van der Waals surface area contributed by atoms with Crippen LogP contribution in [0, 0.1) is 0 Å². The molecule has 0 radical (unpaired) electrons. The van der Waals surface area contributed by atoms with E-state index in [1.807, 2.05) is 27.7 Å². The van der Waals surface area contributed by atoms with Gasteiger partial charge in [0.05, 0.1) is 13.2 Å². The molecule has 0 saturated heterocycles. The molecule has 10 heteroatoms. The van der Waals surface area contributed by atoms with Crippen LogP contribution in [0.5, 0.6) is 5.75 Å².